The van der Waals surface area contributed by atoms with Gasteiger partial charge in [-0.1, -0.05) is 24.3 Å². The van der Waals surface area contributed by atoms with Gasteiger partial charge >= 0.3 is 0 Å². The normalized spacial score (nSPS) is 21.7. The van der Waals surface area contributed by atoms with Crippen molar-refractivity contribution < 1.29 is 4.79 Å². The highest BCUT2D eigenvalue weighted by Crippen LogP contribution is 2.31. The lowest BCUT2D eigenvalue weighted by molar-refractivity contribution is -0.136. The van der Waals surface area contributed by atoms with Gasteiger partial charge in [-0.15, -0.1) is 0 Å². The van der Waals surface area contributed by atoms with E-state index in [1.165, 1.54) is 11.1 Å². The number of hydrogen-bond acceptors (Lipinski definition) is 3. The number of aryl methyl sites for hydroxylation is 2. The zero-order valence-corrected chi connectivity index (χ0v) is 14.9. The number of nitrogens with zero attached hydrogens (tertiary/aromatic N) is 3. The van der Waals surface area contributed by atoms with Crippen LogP contribution < -0.4 is 5.32 Å². The van der Waals surface area contributed by atoms with E-state index in [-0.39, 0.29) is 23.8 Å². The summed E-state index contributed by atoms with van der Waals surface area (Å²) in [6, 6.07) is 8.34. The molecule has 0 saturated carbocycles. The van der Waals surface area contributed by atoms with Crippen LogP contribution in [0.5, 0.6) is 0 Å². The van der Waals surface area contributed by atoms with Gasteiger partial charge in [0, 0.05) is 39.3 Å². The molecule has 0 bridgehead atoms. The molecule has 5 heteroatoms. The van der Waals surface area contributed by atoms with Gasteiger partial charge in [-0.3, -0.25) is 9.48 Å². The maximum Gasteiger partial charge on any atom is 0.227 e. The molecule has 1 amide bonds. The standard InChI is InChI=1S/C19H26N4O/c1-13-7-5-6-8-16(13)14(2)23(4)19(24)18-11-20-10-17(18)15-9-21-22(3)12-15/h5-9,12,14,17-18,20H,10-11H2,1-4H3/t14?,17-,18+/m1/s1. The third kappa shape index (κ3) is 3.08. The molecule has 1 aliphatic heterocycles. The lowest BCUT2D eigenvalue weighted by Gasteiger charge is -2.30. The number of benzene rings is 1. The monoisotopic (exact) mass is 326 g/mol. The third-order valence-corrected chi connectivity index (χ3v) is 5.25. The third-order valence-electron chi connectivity index (χ3n) is 5.25. The fraction of sp³-hybridized carbons (Fsp3) is 0.474. The summed E-state index contributed by atoms with van der Waals surface area (Å²) in [5.41, 5.74) is 3.56. The molecule has 2 heterocycles. The fourth-order valence-electron chi connectivity index (χ4n) is 3.64. The first-order valence-corrected chi connectivity index (χ1v) is 8.50. The van der Waals surface area contributed by atoms with Gasteiger partial charge in [0.05, 0.1) is 18.2 Å². The zero-order chi connectivity index (χ0) is 17.3. The second-order valence-corrected chi connectivity index (χ2v) is 6.80. The number of aromatic nitrogens is 2. The van der Waals surface area contributed by atoms with Crippen LogP contribution >= 0.6 is 0 Å². The van der Waals surface area contributed by atoms with Crippen LogP contribution in [-0.4, -0.2) is 40.7 Å². The van der Waals surface area contributed by atoms with E-state index in [0.29, 0.717) is 0 Å². The van der Waals surface area contributed by atoms with Gasteiger partial charge in [0.25, 0.3) is 0 Å². The minimum atomic E-state index is -0.0364. The number of rotatable bonds is 4. The molecule has 1 aromatic heterocycles. The molecule has 1 aromatic carbocycles. The number of carbonyl (C=O) groups excluding carboxylic acids is 1. The summed E-state index contributed by atoms with van der Waals surface area (Å²) in [5.74, 6) is 0.355. The van der Waals surface area contributed by atoms with Crippen molar-refractivity contribution >= 4 is 5.91 Å². The molecule has 2 aromatic rings. The van der Waals surface area contributed by atoms with E-state index < -0.39 is 0 Å². The Morgan fingerprint density at radius 3 is 2.79 bits per heavy atom. The smallest absolute Gasteiger partial charge is 0.227 e. The summed E-state index contributed by atoms with van der Waals surface area (Å²) in [4.78, 5) is 15.0. The molecule has 24 heavy (non-hydrogen) atoms. The molecule has 1 fully saturated rings. The Balaban J connectivity index is 1.78. The van der Waals surface area contributed by atoms with E-state index in [4.69, 9.17) is 0 Å². The van der Waals surface area contributed by atoms with E-state index in [2.05, 4.69) is 36.4 Å². The van der Waals surface area contributed by atoms with Gasteiger partial charge in [-0.05, 0) is 30.5 Å². The van der Waals surface area contributed by atoms with Crippen molar-refractivity contribution in [2.45, 2.75) is 25.8 Å². The van der Waals surface area contributed by atoms with Crippen LogP contribution in [0.25, 0.3) is 0 Å². The van der Waals surface area contributed by atoms with Crippen molar-refractivity contribution in [1.29, 1.82) is 0 Å². The van der Waals surface area contributed by atoms with Gasteiger partial charge < -0.3 is 10.2 Å². The van der Waals surface area contributed by atoms with Crippen molar-refractivity contribution in [3.05, 3.63) is 53.3 Å². The van der Waals surface area contributed by atoms with Crippen molar-refractivity contribution in [2.24, 2.45) is 13.0 Å². The van der Waals surface area contributed by atoms with E-state index in [9.17, 15) is 4.79 Å². The van der Waals surface area contributed by atoms with Crippen LogP contribution in [0, 0.1) is 12.8 Å². The molecular weight excluding hydrogens is 300 g/mol. The molecule has 3 rings (SSSR count). The minimum absolute atomic E-state index is 0.0364. The molecule has 1 aliphatic rings. The van der Waals surface area contributed by atoms with Crippen LogP contribution in [0.1, 0.15) is 35.6 Å². The molecule has 5 nitrogen and oxygen atoms in total. The fourth-order valence-corrected chi connectivity index (χ4v) is 3.64. The second kappa shape index (κ2) is 6.77. The molecule has 1 unspecified atom stereocenters. The molecule has 0 spiro atoms. The summed E-state index contributed by atoms with van der Waals surface area (Å²) < 4.78 is 1.80. The molecule has 128 valence electrons. The van der Waals surface area contributed by atoms with E-state index >= 15 is 0 Å². The Kier molecular flexibility index (Phi) is 4.71. The van der Waals surface area contributed by atoms with E-state index in [1.54, 1.807) is 4.68 Å². The first kappa shape index (κ1) is 16.7. The van der Waals surface area contributed by atoms with Crippen LogP contribution in [-0.2, 0) is 11.8 Å². The Morgan fingerprint density at radius 2 is 2.12 bits per heavy atom. The summed E-state index contributed by atoms with van der Waals surface area (Å²) in [5, 5.41) is 7.63. The maximum absolute atomic E-state index is 13.1. The largest absolute Gasteiger partial charge is 0.339 e. The van der Waals surface area contributed by atoms with Gasteiger partial charge in [-0.25, -0.2) is 0 Å². The lowest BCUT2D eigenvalue weighted by Crippen LogP contribution is -2.37. The SMILES string of the molecule is Cc1ccccc1C(C)N(C)C(=O)[C@H]1CNC[C@@H]1c1cnn(C)c1. The maximum atomic E-state index is 13.1. The molecule has 0 aliphatic carbocycles. The average Bonchev–Trinajstić information content (AvgIpc) is 3.21. The topological polar surface area (TPSA) is 50.2 Å². The molecule has 1 N–H and O–H groups in total. The van der Waals surface area contributed by atoms with Crippen molar-refractivity contribution in [1.82, 2.24) is 20.0 Å². The van der Waals surface area contributed by atoms with Gasteiger partial charge in [0.15, 0.2) is 0 Å². The van der Waals surface area contributed by atoms with E-state index in [1.807, 2.05) is 43.5 Å². The molecular formula is C19H26N4O. The summed E-state index contributed by atoms with van der Waals surface area (Å²) in [7, 11) is 3.83. The van der Waals surface area contributed by atoms with Crippen LogP contribution in [0.3, 0.4) is 0 Å². The molecule has 3 atom stereocenters. The van der Waals surface area contributed by atoms with Gasteiger partial charge in [-0.2, -0.15) is 5.10 Å². The zero-order valence-electron chi connectivity index (χ0n) is 14.9. The first-order chi connectivity index (χ1) is 11.5. The highest BCUT2D eigenvalue weighted by molar-refractivity contribution is 5.81. The average molecular weight is 326 g/mol. The predicted molar refractivity (Wildman–Crippen MR) is 94.7 cm³/mol. The van der Waals surface area contributed by atoms with Crippen LogP contribution in [0.2, 0.25) is 0 Å². The highest BCUT2D eigenvalue weighted by Gasteiger charge is 2.37. The summed E-state index contributed by atoms with van der Waals surface area (Å²) in [6.07, 6.45) is 3.89. The van der Waals surface area contributed by atoms with Gasteiger partial charge in [0.1, 0.15) is 0 Å². The first-order valence-electron chi connectivity index (χ1n) is 8.50. The molecule has 1 saturated heterocycles. The number of hydrogen-bond donors (Lipinski definition) is 1. The Bertz CT molecular complexity index is 724. The Hall–Kier alpha value is -2.14. The number of carbonyl (C=O) groups is 1. The summed E-state index contributed by atoms with van der Waals surface area (Å²) in [6.45, 7) is 5.75. The van der Waals surface area contributed by atoms with Crippen LogP contribution in [0.4, 0.5) is 0 Å². The van der Waals surface area contributed by atoms with Gasteiger partial charge in [0.2, 0.25) is 5.91 Å². The minimum Gasteiger partial charge on any atom is -0.339 e. The second-order valence-electron chi connectivity index (χ2n) is 6.80. The van der Waals surface area contributed by atoms with E-state index in [0.717, 1.165) is 18.7 Å². The number of amides is 1. The van der Waals surface area contributed by atoms with Crippen molar-refractivity contribution in [3.63, 3.8) is 0 Å². The molecule has 0 radical (unpaired) electrons. The quantitative estimate of drug-likeness (QED) is 0.937. The lowest BCUT2D eigenvalue weighted by atomic mass is 9.89. The highest BCUT2D eigenvalue weighted by atomic mass is 16.2. The Morgan fingerprint density at radius 1 is 1.38 bits per heavy atom. The Labute approximate surface area is 143 Å². The number of nitrogens with one attached hydrogen (secondary N) is 1. The van der Waals surface area contributed by atoms with Crippen molar-refractivity contribution in [2.75, 3.05) is 20.1 Å². The van der Waals surface area contributed by atoms with Crippen LogP contribution in [0.15, 0.2) is 36.7 Å². The van der Waals surface area contributed by atoms with Crippen molar-refractivity contribution in [3.8, 4) is 0 Å². The summed E-state index contributed by atoms with van der Waals surface area (Å²) >= 11 is 0. The predicted octanol–water partition coefficient (Wildman–Crippen LogP) is 2.25.